The fraction of sp³-hybridized carbons (Fsp3) is 0.818. The first-order valence-corrected chi connectivity index (χ1v) is 4.94. The molecule has 0 aliphatic carbocycles. The van der Waals surface area contributed by atoms with Gasteiger partial charge in [-0.2, -0.15) is 0 Å². The maximum Gasteiger partial charge on any atom is -0.00249 e. The molecule has 0 aromatic rings. The average Bonchev–Trinajstić information content (AvgIpc) is 2.03. The monoisotopic (exact) mass is 171 g/mol. The quantitative estimate of drug-likeness (QED) is 0.586. The molecule has 74 valence electrons. The fourth-order valence-electron chi connectivity index (χ4n) is 0.710. The maximum absolute atomic E-state index is 2.21. The number of nitrogens with zero attached hydrogens (tertiary/aromatic N) is 1. The van der Waals surface area contributed by atoms with Crippen LogP contribution in [0.5, 0.6) is 0 Å². The summed E-state index contributed by atoms with van der Waals surface area (Å²) < 4.78 is 0. The van der Waals surface area contributed by atoms with Gasteiger partial charge >= 0.3 is 0 Å². The number of hydrogen-bond acceptors (Lipinski definition) is 1. The summed E-state index contributed by atoms with van der Waals surface area (Å²) in [7, 11) is 4.21. The number of hydrogen-bond donors (Lipinski definition) is 0. The summed E-state index contributed by atoms with van der Waals surface area (Å²) in [6.07, 6.45) is 7.97. The largest absolute Gasteiger partial charge is 0.309 e. The van der Waals surface area contributed by atoms with E-state index in [1.54, 1.807) is 0 Å². The van der Waals surface area contributed by atoms with E-state index in [1.807, 2.05) is 6.92 Å². The molecule has 0 unspecified atom stereocenters. The van der Waals surface area contributed by atoms with Gasteiger partial charge in [-0.15, -0.1) is 0 Å². The van der Waals surface area contributed by atoms with Crippen LogP contribution < -0.4 is 0 Å². The molecule has 0 aromatic carbocycles. The molecule has 0 N–H and O–H groups in total. The fourth-order valence-corrected chi connectivity index (χ4v) is 0.710. The molecule has 1 heteroatoms. The van der Waals surface area contributed by atoms with Crippen LogP contribution in [0.4, 0.5) is 0 Å². The highest BCUT2D eigenvalue weighted by atomic mass is 15.0. The van der Waals surface area contributed by atoms with Gasteiger partial charge in [0.2, 0.25) is 0 Å². The highest BCUT2D eigenvalue weighted by Crippen LogP contribution is 1.86. The summed E-state index contributed by atoms with van der Waals surface area (Å²) in [5.41, 5.74) is 0. The van der Waals surface area contributed by atoms with E-state index in [1.165, 1.54) is 19.4 Å². The molecule has 0 saturated carbocycles. The standard InChI is InChI=1S/C6H15N.C5H10/c1-4-5-6-7(2)3;1-3-5-4-2/h4-6H2,1-3H3;3,5H,4H2,1-2H3. The van der Waals surface area contributed by atoms with Crippen LogP contribution in [0.3, 0.4) is 0 Å². The minimum absolute atomic E-state index is 1.16. The van der Waals surface area contributed by atoms with Crippen molar-refractivity contribution in [3.63, 3.8) is 0 Å². The zero-order valence-electron chi connectivity index (χ0n) is 9.43. The van der Waals surface area contributed by atoms with Crippen molar-refractivity contribution in [1.29, 1.82) is 0 Å². The van der Waals surface area contributed by atoms with Crippen LogP contribution in [-0.2, 0) is 0 Å². The molecule has 0 aliphatic heterocycles. The summed E-state index contributed by atoms with van der Waals surface area (Å²) in [6.45, 7) is 7.60. The van der Waals surface area contributed by atoms with Crippen LogP contribution in [0.15, 0.2) is 12.2 Å². The second kappa shape index (κ2) is 13.3. The molecule has 0 heterocycles. The second-order valence-corrected chi connectivity index (χ2v) is 3.13. The molecule has 0 saturated heterocycles. The first kappa shape index (κ1) is 14.2. The van der Waals surface area contributed by atoms with Crippen LogP contribution in [-0.4, -0.2) is 25.5 Å². The van der Waals surface area contributed by atoms with Crippen molar-refractivity contribution in [3.8, 4) is 0 Å². The Morgan fingerprint density at radius 3 is 1.83 bits per heavy atom. The molecular formula is C11H25N. The highest BCUT2D eigenvalue weighted by Gasteiger charge is 1.83. The van der Waals surface area contributed by atoms with E-state index in [-0.39, 0.29) is 0 Å². The van der Waals surface area contributed by atoms with Crippen LogP contribution in [0.2, 0.25) is 0 Å². The van der Waals surface area contributed by atoms with Crippen molar-refractivity contribution in [2.45, 2.75) is 40.0 Å². The predicted octanol–water partition coefficient (Wildman–Crippen LogP) is 3.32. The van der Waals surface area contributed by atoms with E-state index in [0.717, 1.165) is 6.42 Å². The van der Waals surface area contributed by atoms with E-state index < -0.39 is 0 Å². The first-order valence-electron chi connectivity index (χ1n) is 4.94. The molecule has 0 aromatic heterocycles. The van der Waals surface area contributed by atoms with Gasteiger partial charge in [0.25, 0.3) is 0 Å². The molecule has 12 heavy (non-hydrogen) atoms. The van der Waals surface area contributed by atoms with E-state index in [2.05, 4.69) is 45.0 Å². The number of unbranched alkanes of at least 4 members (excludes halogenated alkanes) is 1. The summed E-state index contributed by atoms with van der Waals surface area (Å²) in [4.78, 5) is 2.21. The third kappa shape index (κ3) is 22.6. The van der Waals surface area contributed by atoms with Crippen molar-refractivity contribution >= 4 is 0 Å². The summed E-state index contributed by atoms with van der Waals surface area (Å²) >= 11 is 0. The first-order chi connectivity index (χ1) is 5.68. The summed E-state index contributed by atoms with van der Waals surface area (Å²) in [6, 6.07) is 0. The van der Waals surface area contributed by atoms with Gasteiger partial charge in [-0.05, 0) is 40.4 Å². The van der Waals surface area contributed by atoms with Gasteiger partial charge in [0.05, 0.1) is 0 Å². The zero-order chi connectivity index (χ0) is 9.82. The molecule has 0 atom stereocenters. The molecule has 0 aliphatic rings. The topological polar surface area (TPSA) is 3.24 Å². The van der Waals surface area contributed by atoms with Gasteiger partial charge in [-0.25, -0.2) is 0 Å². The number of rotatable bonds is 4. The maximum atomic E-state index is 2.21. The molecule has 0 rings (SSSR count). The van der Waals surface area contributed by atoms with Crippen LogP contribution >= 0.6 is 0 Å². The molecule has 1 nitrogen and oxygen atoms in total. The lowest BCUT2D eigenvalue weighted by molar-refractivity contribution is 0.398. The minimum Gasteiger partial charge on any atom is -0.309 e. The van der Waals surface area contributed by atoms with Crippen LogP contribution in [0.1, 0.15) is 40.0 Å². The third-order valence-corrected chi connectivity index (χ3v) is 1.43. The van der Waals surface area contributed by atoms with Gasteiger partial charge < -0.3 is 4.90 Å². The second-order valence-electron chi connectivity index (χ2n) is 3.13. The highest BCUT2D eigenvalue weighted by molar-refractivity contribution is 4.73. The van der Waals surface area contributed by atoms with Crippen LogP contribution in [0.25, 0.3) is 0 Å². The van der Waals surface area contributed by atoms with Crippen molar-refractivity contribution in [2.75, 3.05) is 20.6 Å². The minimum atomic E-state index is 1.16. The van der Waals surface area contributed by atoms with Gasteiger partial charge in [0, 0.05) is 0 Å². The Labute approximate surface area is 78.5 Å². The summed E-state index contributed by atoms with van der Waals surface area (Å²) in [5, 5.41) is 0. The lowest BCUT2D eigenvalue weighted by atomic mass is 10.3. The normalized spacial score (nSPS) is 10.2. The molecule has 0 fully saturated rings. The Bertz CT molecular complexity index is 85.0. The predicted molar refractivity (Wildman–Crippen MR) is 58.6 cm³/mol. The Kier molecular flexibility index (Phi) is 15.8. The molecular weight excluding hydrogens is 146 g/mol. The van der Waals surface area contributed by atoms with Crippen molar-refractivity contribution in [3.05, 3.63) is 12.2 Å². The third-order valence-electron chi connectivity index (χ3n) is 1.43. The van der Waals surface area contributed by atoms with Crippen molar-refractivity contribution < 1.29 is 0 Å². The zero-order valence-corrected chi connectivity index (χ0v) is 9.43. The van der Waals surface area contributed by atoms with Gasteiger partial charge in [0.15, 0.2) is 0 Å². The molecule has 0 spiro atoms. The van der Waals surface area contributed by atoms with E-state index in [9.17, 15) is 0 Å². The molecule has 0 radical (unpaired) electrons. The van der Waals surface area contributed by atoms with Gasteiger partial charge in [-0.3, -0.25) is 0 Å². The lowest BCUT2D eigenvalue weighted by Crippen LogP contribution is -2.12. The average molecular weight is 171 g/mol. The Morgan fingerprint density at radius 2 is 1.75 bits per heavy atom. The Balaban J connectivity index is 0. The smallest absolute Gasteiger partial charge is 0.00249 e. The van der Waals surface area contributed by atoms with Crippen molar-refractivity contribution in [1.82, 2.24) is 4.90 Å². The van der Waals surface area contributed by atoms with Gasteiger partial charge in [0.1, 0.15) is 0 Å². The van der Waals surface area contributed by atoms with Crippen molar-refractivity contribution in [2.24, 2.45) is 0 Å². The Morgan fingerprint density at radius 1 is 1.17 bits per heavy atom. The van der Waals surface area contributed by atoms with E-state index >= 15 is 0 Å². The molecule has 0 bridgehead atoms. The van der Waals surface area contributed by atoms with Crippen LogP contribution in [0, 0.1) is 0 Å². The summed E-state index contributed by atoms with van der Waals surface area (Å²) in [5.74, 6) is 0. The van der Waals surface area contributed by atoms with Gasteiger partial charge in [-0.1, -0.05) is 32.4 Å². The lowest BCUT2D eigenvalue weighted by Gasteiger charge is -2.05. The number of allylic oxidation sites excluding steroid dienone is 2. The van der Waals surface area contributed by atoms with E-state index in [0.29, 0.717) is 0 Å². The molecule has 0 amide bonds. The SMILES string of the molecule is CC=CCC.CCCCN(C)C. The Hall–Kier alpha value is -0.300. The van der Waals surface area contributed by atoms with E-state index in [4.69, 9.17) is 0 Å².